The highest BCUT2D eigenvalue weighted by molar-refractivity contribution is 7.92. The van der Waals surface area contributed by atoms with Gasteiger partial charge in [0.1, 0.15) is 5.76 Å². The molecule has 2 heterocycles. The topological polar surface area (TPSA) is 122 Å². The van der Waals surface area contributed by atoms with E-state index in [0.29, 0.717) is 23.5 Å². The van der Waals surface area contributed by atoms with Crippen LogP contribution in [0.3, 0.4) is 0 Å². The van der Waals surface area contributed by atoms with E-state index >= 15 is 0 Å². The van der Waals surface area contributed by atoms with Crippen LogP contribution in [0.5, 0.6) is 0 Å². The number of carboxylic acids is 1. The Morgan fingerprint density at radius 2 is 1.97 bits per heavy atom. The summed E-state index contributed by atoms with van der Waals surface area (Å²) in [5.74, 6) is 1.31. The molecule has 5 atom stereocenters. The van der Waals surface area contributed by atoms with E-state index in [-0.39, 0.29) is 28.2 Å². The van der Waals surface area contributed by atoms with Gasteiger partial charge in [-0.1, -0.05) is 17.3 Å². The average molecular weight is 480 g/mol. The summed E-state index contributed by atoms with van der Waals surface area (Å²) in [6.07, 6.45) is 3.42. The maximum atomic E-state index is 13.1. The van der Waals surface area contributed by atoms with Crippen molar-refractivity contribution in [3.05, 3.63) is 71.0 Å². The highest BCUT2D eigenvalue weighted by Crippen LogP contribution is 2.63. The largest absolute Gasteiger partial charge is 0.478 e. The number of aromatic carboxylic acids is 1. The second-order valence-corrected chi connectivity index (χ2v) is 11.3. The highest BCUT2D eigenvalue weighted by atomic mass is 32.2. The van der Waals surface area contributed by atoms with Crippen LogP contribution in [0.25, 0.3) is 0 Å². The van der Waals surface area contributed by atoms with Crippen molar-refractivity contribution in [3.63, 3.8) is 0 Å². The molecule has 2 saturated carbocycles. The molecule has 6 rings (SSSR count). The molecule has 1 aliphatic heterocycles. The van der Waals surface area contributed by atoms with E-state index in [1.165, 1.54) is 0 Å². The lowest BCUT2D eigenvalue weighted by Crippen LogP contribution is -2.35. The third-order valence-electron chi connectivity index (χ3n) is 7.73. The number of hydrogen-bond donors (Lipinski definition) is 3. The van der Waals surface area contributed by atoms with Crippen molar-refractivity contribution >= 4 is 27.5 Å². The molecular weight excluding hydrogens is 454 g/mol. The van der Waals surface area contributed by atoms with Crippen LogP contribution in [0.2, 0.25) is 0 Å². The lowest BCUT2D eigenvalue weighted by Gasteiger charge is -2.43. The number of carbonyl (C=O) groups is 1. The van der Waals surface area contributed by atoms with Crippen molar-refractivity contribution < 1.29 is 22.8 Å². The fourth-order valence-electron chi connectivity index (χ4n) is 6.44. The number of nitrogens with one attached hydrogen (secondary N) is 2. The first kappa shape index (κ1) is 21.2. The van der Waals surface area contributed by atoms with Gasteiger partial charge in [-0.05, 0) is 91.3 Å². The standard InChI is InChI=1S/C25H25N3O5S/c1-13-9-21(27-33-13)28-34(31,32)18-7-8-20-19(12-18)22-14-5-6-15(10-14)23(22)24(26-20)16-3-2-4-17(11-16)25(29)30/h2-4,7-9,11-12,14-15,22-24,26H,5-6,10H2,1H3,(H,27,28)(H,29,30)/t14-,15-,22-,23-,24+/m0/s1. The van der Waals surface area contributed by atoms with Crippen LogP contribution in [0.15, 0.2) is 57.9 Å². The van der Waals surface area contributed by atoms with Crippen molar-refractivity contribution in [3.8, 4) is 0 Å². The first-order valence-electron chi connectivity index (χ1n) is 11.5. The zero-order chi connectivity index (χ0) is 23.6. The summed E-state index contributed by atoms with van der Waals surface area (Å²) >= 11 is 0. The lowest BCUT2D eigenvalue weighted by atomic mass is 9.68. The second kappa shape index (κ2) is 7.59. The first-order chi connectivity index (χ1) is 16.3. The van der Waals surface area contributed by atoms with Gasteiger partial charge in [0, 0.05) is 11.8 Å². The molecule has 8 nitrogen and oxygen atoms in total. The van der Waals surface area contributed by atoms with Crippen LogP contribution in [-0.2, 0) is 10.0 Å². The summed E-state index contributed by atoms with van der Waals surface area (Å²) in [5.41, 5.74) is 3.19. The molecule has 0 spiro atoms. The van der Waals surface area contributed by atoms with Gasteiger partial charge in [-0.3, -0.25) is 4.72 Å². The van der Waals surface area contributed by atoms with E-state index in [1.54, 1.807) is 43.3 Å². The van der Waals surface area contributed by atoms with E-state index in [2.05, 4.69) is 15.2 Å². The number of sulfonamides is 1. The van der Waals surface area contributed by atoms with Crippen LogP contribution in [0.4, 0.5) is 11.5 Å². The Morgan fingerprint density at radius 3 is 2.74 bits per heavy atom. The van der Waals surface area contributed by atoms with E-state index < -0.39 is 16.0 Å². The number of anilines is 2. The molecular formula is C25H25N3O5S. The Hall–Kier alpha value is -3.33. The second-order valence-electron chi connectivity index (χ2n) is 9.67. The molecule has 9 heteroatoms. The van der Waals surface area contributed by atoms with Crippen LogP contribution in [0.1, 0.15) is 58.5 Å². The fraction of sp³-hybridized carbons (Fsp3) is 0.360. The zero-order valence-electron chi connectivity index (χ0n) is 18.6. The normalized spacial score (nSPS) is 27.0. The number of rotatable bonds is 5. The third-order valence-corrected chi connectivity index (χ3v) is 9.08. The predicted molar refractivity (Wildman–Crippen MR) is 125 cm³/mol. The van der Waals surface area contributed by atoms with Gasteiger partial charge in [0.05, 0.1) is 16.5 Å². The smallest absolute Gasteiger partial charge is 0.335 e. The number of hydrogen-bond acceptors (Lipinski definition) is 6. The van der Waals surface area contributed by atoms with Gasteiger partial charge in [-0.25, -0.2) is 13.2 Å². The van der Waals surface area contributed by atoms with E-state index in [4.69, 9.17) is 4.52 Å². The quantitative estimate of drug-likeness (QED) is 0.481. The van der Waals surface area contributed by atoms with Crippen molar-refractivity contribution in [1.29, 1.82) is 0 Å². The first-order valence-corrected chi connectivity index (χ1v) is 13.0. The van der Waals surface area contributed by atoms with Gasteiger partial charge >= 0.3 is 5.97 Å². The van der Waals surface area contributed by atoms with Crippen molar-refractivity contribution in [1.82, 2.24) is 5.16 Å². The Morgan fingerprint density at radius 1 is 1.15 bits per heavy atom. The van der Waals surface area contributed by atoms with Crippen molar-refractivity contribution in [2.24, 2.45) is 17.8 Å². The van der Waals surface area contributed by atoms with Gasteiger partial charge < -0.3 is 14.9 Å². The molecule has 2 fully saturated rings. The molecule has 0 radical (unpaired) electrons. The molecule has 176 valence electrons. The van der Waals surface area contributed by atoms with E-state index in [1.807, 2.05) is 12.1 Å². The average Bonchev–Trinajstić information content (AvgIpc) is 3.55. The molecule has 0 amide bonds. The van der Waals surface area contributed by atoms with E-state index in [0.717, 1.165) is 36.1 Å². The molecule has 2 aromatic carbocycles. The summed E-state index contributed by atoms with van der Waals surface area (Å²) in [7, 11) is -3.82. The molecule has 3 aliphatic rings. The maximum absolute atomic E-state index is 13.1. The minimum absolute atomic E-state index is 0.00853. The number of benzene rings is 2. The summed E-state index contributed by atoms with van der Waals surface area (Å²) in [6, 6.07) is 13.9. The van der Waals surface area contributed by atoms with Crippen molar-refractivity contribution in [2.75, 3.05) is 10.0 Å². The Balaban J connectivity index is 1.39. The van der Waals surface area contributed by atoms with Gasteiger partial charge in [0.15, 0.2) is 5.82 Å². The van der Waals surface area contributed by atoms with E-state index in [9.17, 15) is 18.3 Å². The SMILES string of the molecule is Cc1cc(NS(=O)(=O)c2ccc3c(c2)[C@@H]2[C@H]4CC[C@@H](C4)[C@@H]2[C@@H](c2cccc(C(=O)O)c2)N3)no1. The molecule has 3 aromatic rings. The maximum Gasteiger partial charge on any atom is 0.335 e. The van der Waals surface area contributed by atoms with Crippen LogP contribution >= 0.6 is 0 Å². The van der Waals surface area contributed by atoms with Crippen LogP contribution in [-0.4, -0.2) is 24.7 Å². The summed E-state index contributed by atoms with van der Waals surface area (Å²) < 4.78 is 33.6. The minimum atomic E-state index is -3.82. The highest BCUT2D eigenvalue weighted by Gasteiger charge is 2.54. The molecule has 2 aliphatic carbocycles. The van der Waals surface area contributed by atoms with Gasteiger partial charge in [-0.2, -0.15) is 0 Å². The van der Waals surface area contributed by atoms with Gasteiger partial charge in [0.2, 0.25) is 0 Å². The zero-order valence-corrected chi connectivity index (χ0v) is 19.4. The van der Waals surface area contributed by atoms with Gasteiger partial charge in [-0.15, -0.1) is 0 Å². The molecule has 34 heavy (non-hydrogen) atoms. The molecule has 1 aromatic heterocycles. The van der Waals surface area contributed by atoms with Gasteiger partial charge in [0.25, 0.3) is 10.0 Å². The van der Waals surface area contributed by atoms with Crippen molar-refractivity contribution in [2.45, 2.75) is 43.0 Å². The number of aromatic nitrogens is 1. The monoisotopic (exact) mass is 479 g/mol. The molecule has 0 unspecified atom stereocenters. The fourth-order valence-corrected chi connectivity index (χ4v) is 7.46. The number of carboxylic acid groups (broad SMARTS) is 1. The Labute approximate surface area is 197 Å². The number of fused-ring (bicyclic) bond motifs is 7. The predicted octanol–water partition coefficient (Wildman–Crippen LogP) is 4.78. The third kappa shape index (κ3) is 3.37. The van der Waals surface area contributed by atoms with Crippen LogP contribution < -0.4 is 10.0 Å². The summed E-state index contributed by atoms with van der Waals surface area (Å²) in [6.45, 7) is 1.70. The van der Waals surface area contributed by atoms with Crippen LogP contribution in [0, 0.1) is 24.7 Å². The molecule has 2 bridgehead atoms. The number of aryl methyl sites for hydroxylation is 1. The summed E-state index contributed by atoms with van der Waals surface area (Å²) in [4.78, 5) is 11.8. The Bertz CT molecular complexity index is 1400. The number of nitrogens with zero attached hydrogens (tertiary/aromatic N) is 1. The molecule has 0 saturated heterocycles. The molecule has 3 N–H and O–H groups in total. The lowest BCUT2D eigenvalue weighted by molar-refractivity contribution is 0.0696. The minimum Gasteiger partial charge on any atom is -0.478 e. The summed E-state index contributed by atoms with van der Waals surface area (Å²) in [5, 5.41) is 16.9. The Kier molecular flexibility index (Phi) is 4.74.